The number of hydrogen-bond donors (Lipinski definition) is 1. The van der Waals surface area contributed by atoms with Gasteiger partial charge in [0.1, 0.15) is 0 Å². The Morgan fingerprint density at radius 2 is 1.86 bits per heavy atom. The molecular weight excluding hydrogens is 256 g/mol. The quantitative estimate of drug-likeness (QED) is 0.714. The van der Waals surface area contributed by atoms with Crippen LogP contribution in [0.15, 0.2) is 18.2 Å². The van der Waals surface area contributed by atoms with Gasteiger partial charge in [-0.05, 0) is 49.4 Å². The zero-order chi connectivity index (χ0) is 15.8. The van der Waals surface area contributed by atoms with E-state index in [0.717, 1.165) is 32.1 Å². The Balaban J connectivity index is 2.71. The minimum Gasteiger partial charge on any atom is -0.371 e. The summed E-state index contributed by atoms with van der Waals surface area (Å²) in [5.41, 5.74) is 4.17. The highest BCUT2D eigenvalue weighted by Crippen LogP contribution is 2.22. The first kappa shape index (κ1) is 18.0. The molecule has 0 aromatic heterocycles. The van der Waals surface area contributed by atoms with Crippen molar-refractivity contribution in [2.75, 3.05) is 24.5 Å². The van der Waals surface area contributed by atoms with Gasteiger partial charge in [-0.25, -0.2) is 0 Å². The number of nitrogens with zero attached hydrogens (tertiary/aromatic N) is 1. The number of benzene rings is 1. The maximum absolute atomic E-state index is 3.52. The number of rotatable bonds is 9. The van der Waals surface area contributed by atoms with E-state index in [1.165, 1.54) is 23.2 Å². The first-order chi connectivity index (χ1) is 9.97. The molecule has 0 spiro atoms. The Morgan fingerprint density at radius 3 is 2.38 bits per heavy atom. The lowest BCUT2D eigenvalue weighted by Crippen LogP contribution is -2.28. The SMILES string of the molecule is CCC(C)CN(CC)c1ccc(CNCC(C)C)cc1C. The first-order valence-electron chi connectivity index (χ1n) is 8.53. The molecule has 0 amide bonds. The second-order valence-electron chi connectivity index (χ2n) is 6.70. The van der Waals surface area contributed by atoms with Gasteiger partial charge in [-0.1, -0.05) is 46.2 Å². The number of aryl methyl sites for hydroxylation is 1. The van der Waals surface area contributed by atoms with Gasteiger partial charge >= 0.3 is 0 Å². The van der Waals surface area contributed by atoms with E-state index < -0.39 is 0 Å². The van der Waals surface area contributed by atoms with Crippen LogP contribution in [0.1, 0.15) is 52.2 Å². The van der Waals surface area contributed by atoms with Gasteiger partial charge in [-0.2, -0.15) is 0 Å². The molecule has 2 heteroatoms. The van der Waals surface area contributed by atoms with Gasteiger partial charge < -0.3 is 10.2 Å². The number of anilines is 1. The molecule has 0 aliphatic carbocycles. The molecule has 1 N–H and O–H groups in total. The van der Waals surface area contributed by atoms with E-state index in [-0.39, 0.29) is 0 Å². The van der Waals surface area contributed by atoms with Gasteiger partial charge in [0.15, 0.2) is 0 Å². The molecule has 2 nitrogen and oxygen atoms in total. The Bertz CT molecular complexity index is 412. The molecule has 0 saturated heterocycles. The molecule has 0 bridgehead atoms. The summed E-state index contributed by atoms with van der Waals surface area (Å²) < 4.78 is 0. The van der Waals surface area contributed by atoms with Crippen LogP contribution in [0.3, 0.4) is 0 Å². The first-order valence-corrected chi connectivity index (χ1v) is 8.53. The topological polar surface area (TPSA) is 15.3 Å². The third-order valence-electron chi connectivity index (χ3n) is 4.09. The van der Waals surface area contributed by atoms with Crippen LogP contribution in [0, 0.1) is 18.8 Å². The fraction of sp³-hybridized carbons (Fsp3) is 0.684. The van der Waals surface area contributed by atoms with Gasteiger partial charge in [-0.15, -0.1) is 0 Å². The monoisotopic (exact) mass is 290 g/mol. The predicted molar refractivity (Wildman–Crippen MR) is 95.1 cm³/mol. The summed E-state index contributed by atoms with van der Waals surface area (Å²) in [7, 11) is 0. The molecule has 0 saturated carbocycles. The van der Waals surface area contributed by atoms with Gasteiger partial charge in [0.25, 0.3) is 0 Å². The van der Waals surface area contributed by atoms with Crippen molar-refractivity contribution in [2.45, 2.75) is 54.5 Å². The van der Waals surface area contributed by atoms with E-state index >= 15 is 0 Å². The van der Waals surface area contributed by atoms with Crippen molar-refractivity contribution in [3.05, 3.63) is 29.3 Å². The summed E-state index contributed by atoms with van der Waals surface area (Å²) >= 11 is 0. The van der Waals surface area contributed by atoms with Crippen molar-refractivity contribution >= 4 is 5.69 Å². The van der Waals surface area contributed by atoms with Crippen molar-refractivity contribution in [2.24, 2.45) is 11.8 Å². The molecule has 1 atom stereocenters. The third-order valence-corrected chi connectivity index (χ3v) is 4.09. The third kappa shape index (κ3) is 6.09. The van der Waals surface area contributed by atoms with Crippen LogP contribution in [0.2, 0.25) is 0 Å². The van der Waals surface area contributed by atoms with Crippen LogP contribution in [0.4, 0.5) is 5.69 Å². The zero-order valence-electron chi connectivity index (χ0n) is 14.9. The Labute approximate surface area is 131 Å². The minimum atomic E-state index is 0.705. The van der Waals surface area contributed by atoms with Gasteiger partial charge in [0.2, 0.25) is 0 Å². The maximum Gasteiger partial charge on any atom is 0.0396 e. The summed E-state index contributed by atoms with van der Waals surface area (Å²) in [4.78, 5) is 2.51. The minimum absolute atomic E-state index is 0.705. The predicted octanol–water partition coefficient (Wildman–Crippen LogP) is 4.61. The summed E-state index contributed by atoms with van der Waals surface area (Å²) in [5.74, 6) is 1.45. The fourth-order valence-electron chi connectivity index (χ4n) is 2.59. The van der Waals surface area contributed by atoms with Gasteiger partial charge in [0, 0.05) is 25.3 Å². The van der Waals surface area contributed by atoms with E-state index in [4.69, 9.17) is 0 Å². The Kier molecular flexibility index (Phi) is 7.81. The van der Waals surface area contributed by atoms with Gasteiger partial charge in [0.05, 0.1) is 0 Å². The van der Waals surface area contributed by atoms with Crippen LogP contribution in [0.25, 0.3) is 0 Å². The molecule has 1 aromatic rings. The molecule has 120 valence electrons. The van der Waals surface area contributed by atoms with Crippen LogP contribution in [0.5, 0.6) is 0 Å². The molecule has 21 heavy (non-hydrogen) atoms. The molecule has 0 heterocycles. The van der Waals surface area contributed by atoms with Crippen molar-refractivity contribution in [3.63, 3.8) is 0 Å². The number of nitrogens with one attached hydrogen (secondary N) is 1. The smallest absolute Gasteiger partial charge is 0.0396 e. The van der Waals surface area contributed by atoms with E-state index in [2.05, 4.69) is 70.0 Å². The molecule has 0 fully saturated rings. The largest absolute Gasteiger partial charge is 0.371 e. The molecule has 0 aliphatic rings. The fourth-order valence-corrected chi connectivity index (χ4v) is 2.59. The molecule has 1 aromatic carbocycles. The van der Waals surface area contributed by atoms with E-state index in [1.54, 1.807) is 0 Å². The Hall–Kier alpha value is -1.02. The van der Waals surface area contributed by atoms with E-state index in [1.807, 2.05) is 0 Å². The van der Waals surface area contributed by atoms with Crippen molar-refractivity contribution < 1.29 is 0 Å². The number of hydrogen-bond acceptors (Lipinski definition) is 2. The Morgan fingerprint density at radius 1 is 1.14 bits per heavy atom. The second kappa shape index (κ2) is 9.09. The summed E-state index contributed by atoms with van der Waals surface area (Å²) in [5, 5.41) is 3.52. The van der Waals surface area contributed by atoms with Crippen LogP contribution in [-0.4, -0.2) is 19.6 Å². The van der Waals surface area contributed by atoms with E-state index in [9.17, 15) is 0 Å². The molecule has 1 unspecified atom stereocenters. The lowest BCUT2D eigenvalue weighted by Gasteiger charge is -2.28. The van der Waals surface area contributed by atoms with E-state index in [0.29, 0.717) is 5.92 Å². The molecule has 0 aliphatic heterocycles. The standard InChI is InChI=1S/C19H34N2/c1-7-16(5)14-21(8-2)19-10-9-18(11-17(19)6)13-20-12-15(3)4/h9-11,15-16,20H,7-8,12-14H2,1-6H3. The molecular formula is C19H34N2. The highest BCUT2D eigenvalue weighted by molar-refractivity contribution is 5.54. The average molecular weight is 290 g/mol. The second-order valence-corrected chi connectivity index (χ2v) is 6.70. The van der Waals surface area contributed by atoms with Gasteiger partial charge in [-0.3, -0.25) is 0 Å². The summed E-state index contributed by atoms with van der Waals surface area (Å²) in [6, 6.07) is 6.91. The average Bonchev–Trinajstić information content (AvgIpc) is 2.44. The molecule has 1 rings (SSSR count). The lowest BCUT2D eigenvalue weighted by atomic mass is 10.1. The van der Waals surface area contributed by atoms with Crippen LogP contribution in [-0.2, 0) is 6.54 Å². The zero-order valence-corrected chi connectivity index (χ0v) is 14.9. The summed E-state index contributed by atoms with van der Waals surface area (Å²) in [6.45, 7) is 17.9. The lowest BCUT2D eigenvalue weighted by molar-refractivity contribution is 0.547. The van der Waals surface area contributed by atoms with Crippen molar-refractivity contribution in [1.29, 1.82) is 0 Å². The molecule has 0 radical (unpaired) electrons. The normalized spacial score (nSPS) is 12.7. The highest BCUT2D eigenvalue weighted by atomic mass is 15.1. The van der Waals surface area contributed by atoms with Crippen LogP contribution >= 0.6 is 0 Å². The van der Waals surface area contributed by atoms with Crippen LogP contribution < -0.4 is 10.2 Å². The van der Waals surface area contributed by atoms with Crippen molar-refractivity contribution in [1.82, 2.24) is 5.32 Å². The summed E-state index contributed by atoms with van der Waals surface area (Å²) in [6.07, 6.45) is 1.24. The maximum atomic E-state index is 3.52. The highest BCUT2D eigenvalue weighted by Gasteiger charge is 2.11. The van der Waals surface area contributed by atoms with Crippen molar-refractivity contribution in [3.8, 4) is 0 Å².